The number of nitrogens with one attached hydrogen (secondary N) is 3. The highest BCUT2D eigenvalue weighted by Gasteiger charge is 2.31. The summed E-state index contributed by atoms with van der Waals surface area (Å²) < 4.78 is 0. The van der Waals surface area contributed by atoms with E-state index in [2.05, 4.69) is 16.0 Å². The fourth-order valence-electron chi connectivity index (χ4n) is 2.31. The topological polar surface area (TPSA) is 231 Å². The Hall–Kier alpha value is -3.22. The molecule has 0 aliphatic heterocycles. The third-order valence-electron chi connectivity index (χ3n) is 4.30. The maximum atomic E-state index is 12.6. The third-order valence-corrected chi connectivity index (χ3v) is 4.30. The van der Waals surface area contributed by atoms with Crippen molar-refractivity contribution in [2.45, 2.75) is 64.2 Å². The smallest absolute Gasteiger partial charge is 0.326 e. The molecule has 13 nitrogen and oxygen atoms in total. The minimum atomic E-state index is -1.56. The molecule has 5 unspecified atom stereocenters. The molecule has 0 aromatic heterocycles. The van der Waals surface area contributed by atoms with E-state index in [0.717, 1.165) is 0 Å². The van der Waals surface area contributed by atoms with Gasteiger partial charge in [0.05, 0.1) is 18.9 Å². The Kier molecular flexibility index (Phi) is 11.0. The predicted octanol–water partition coefficient (Wildman–Crippen LogP) is -2.73. The molecule has 4 amide bonds. The molecule has 0 bridgehead atoms. The lowest BCUT2D eigenvalue weighted by Crippen LogP contribution is -2.58. The third kappa shape index (κ3) is 9.32. The lowest BCUT2D eigenvalue weighted by molar-refractivity contribution is -0.143. The van der Waals surface area contributed by atoms with Crippen molar-refractivity contribution in [1.29, 1.82) is 0 Å². The zero-order valence-electron chi connectivity index (χ0n) is 17.0. The summed E-state index contributed by atoms with van der Waals surface area (Å²) in [6, 6.07) is -5.25. The molecule has 30 heavy (non-hydrogen) atoms. The molecular weight excluding hydrogens is 402 g/mol. The van der Waals surface area contributed by atoms with Gasteiger partial charge in [0.25, 0.3) is 0 Å². The zero-order valence-corrected chi connectivity index (χ0v) is 17.0. The molecule has 5 atom stereocenters. The van der Waals surface area contributed by atoms with Crippen molar-refractivity contribution in [3.8, 4) is 0 Å². The molecule has 0 aromatic carbocycles. The number of carbonyl (C=O) groups excluding carboxylic acids is 4. The van der Waals surface area contributed by atoms with Crippen LogP contribution in [0.1, 0.15) is 40.0 Å². The fraction of sp³-hybridized carbons (Fsp3) is 0.647. The summed E-state index contributed by atoms with van der Waals surface area (Å²) in [5.74, 6) is -6.55. The van der Waals surface area contributed by atoms with Crippen molar-refractivity contribution in [3.63, 3.8) is 0 Å². The quantitative estimate of drug-likeness (QED) is 0.160. The first-order valence-corrected chi connectivity index (χ1v) is 9.19. The second-order valence-corrected chi connectivity index (χ2v) is 6.88. The fourth-order valence-corrected chi connectivity index (χ4v) is 2.31. The second kappa shape index (κ2) is 12.4. The van der Waals surface area contributed by atoms with Crippen LogP contribution in [0, 0.1) is 5.92 Å². The van der Waals surface area contributed by atoms with Gasteiger partial charge >= 0.3 is 11.9 Å². The van der Waals surface area contributed by atoms with Gasteiger partial charge < -0.3 is 37.6 Å². The molecule has 9 N–H and O–H groups in total. The maximum Gasteiger partial charge on any atom is 0.326 e. The van der Waals surface area contributed by atoms with Gasteiger partial charge in [0, 0.05) is 0 Å². The first kappa shape index (κ1) is 26.8. The molecule has 0 aliphatic carbocycles. The van der Waals surface area contributed by atoms with Crippen LogP contribution in [0.5, 0.6) is 0 Å². The van der Waals surface area contributed by atoms with Crippen molar-refractivity contribution in [2.24, 2.45) is 17.4 Å². The highest BCUT2D eigenvalue weighted by Crippen LogP contribution is 2.09. The van der Waals surface area contributed by atoms with Crippen LogP contribution < -0.4 is 27.4 Å². The number of carboxylic acid groups (broad SMARTS) is 2. The molecule has 0 saturated carbocycles. The van der Waals surface area contributed by atoms with E-state index in [1.54, 1.807) is 13.8 Å². The number of carbonyl (C=O) groups is 6. The monoisotopic (exact) mass is 431 g/mol. The zero-order chi connectivity index (χ0) is 23.6. The Labute approximate surface area is 172 Å². The summed E-state index contributed by atoms with van der Waals surface area (Å²) in [6.07, 6.45) is -0.794. The van der Waals surface area contributed by atoms with Crippen LogP contribution >= 0.6 is 0 Å². The number of hydrogen-bond acceptors (Lipinski definition) is 7. The molecule has 0 saturated heterocycles. The summed E-state index contributed by atoms with van der Waals surface area (Å²) >= 11 is 0. The highest BCUT2D eigenvalue weighted by molar-refractivity contribution is 5.95. The number of nitrogens with two attached hydrogens (primary N) is 2. The molecule has 0 radical (unpaired) electrons. The summed E-state index contributed by atoms with van der Waals surface area (Å²) in [7, 11) is 0. The van der Waals surface area contributed by atoms with Crippen molar-refractivity contribution in [1.82, 2.24) is 16.0 Å². The normalized spacial score (nSPS) is 15.6. The van der Waals surface area contributed by atoms with Gasteiger partial charge in [0.1, 0.15) is 18.1 Å². The van der Waals surface area contributed by atoms with Crippen LogP contribution in [0.25, 0.3) is 0 Å². The number of amides is 4. The summed E-state index contributed by atoms with van der Waals surface area (Å²) in [5, 5.41) is 24.6. The number of primary amides is 1. The molecule has 0 fully saturated rings. The summed E-state index contributed by atoms with van der Waals surface area (Å²) in [4.78, 5) is 69.6. The van der Waals surface area contributed by atoms with Gasteiger partial charge in [0.15, 0.2) is 0 Å². The first-order chi connectivity index (χ1) is 13.8. The Balaban J connectivity index is 5.15. The van der Waals surface area contributed by atoms with Crippen LogP contribution in [0.3, 0.4) is 0 Å². The number of carboxylic acids is 2. The molecule has 0 rings (SSSR count). The van der Waals surface area contributed by atoms with E-state index in [1.165, 1.54) is 6.92 Å². The Morgan fingerprint density at radius 2 is 1.43 bits per heavy atom. The van der Waals surface area contributed by atoms with Crippen LogP contribution in [-0.4, -0.2) is 69.9 Å². The Bertz CT molecular complexity index is 683. The van der Waals surface area contributed by atoms with E-state index in [9.17, 15) is 28.8 Å². The van der Waals surface area contributed by atoms with E-state index in [1.807, 2.05) is 0 Å². The second-order valence-electron chi connectivity index (χ2n) is 6.88. The van der Waals surface area contributed by atoms with Crippen molar-refractivity contribution in [2.75, 3.05) is 0 Å². The van der Waals surface area contributed by atoms with Gasteiger partial charge in [-0.2, -0.15) is 0 Å². The minimum absolute atomic E-state index is 0.386. The molecule has 0 aliphatic rings. The van der Waals surface area contributed by atoms with Gasteiger partial charge in [-0.3, -0.25) is 24.0 Å². The van der Waals surface area contributed by atoms with Gasteiger partial charge in [-0.1, -0.05) is 20.3 Å². The standard InChI is InChI=1S/C17H29N5O8/c1-4-7(2)13(22-15(27)9(18)5-12(24)25)16(28)20-8(3)14(26)21-10(17(29)30)6-11(19)23/h7-10,13H,4-6,18H2,1-3H3,(H2,19,23)(H,20,28)(H,21,26)(H,22,27)(H,24,25)(H,29,30). The molecule has 13 heteroatoms. The van der Waals surface area contributed by atoms with E-state index in [-0.39, 0.29) is 5.92 Å². The lowest BCUT2D eigenvalue weighted by atomic mass is 9.97. The maximum absolute atomic E-state index is 12.6. The molecular formula is C17H29N5O8. The average molecular weight is 431 g/mol. The van der Waals surface area contributed by atoms with E-state index < -0.39 is 72.6 Å². The minimum Gasteiger partial charge on any atom is -0.481 e. The SMILES string of the molecule is CCC(C)C(NC(=O)C(N)CC(=O)O)C(=O)NC(C)C(=O)NC(CC(N)=O)C(=O)O. The van der Waals surface area contributed by atoms with Crippen molar-refractivity contribution in [3.05, 3.63) is 0 Å². The van der Waals surface area contributed by atoms with E-state index in [4.69, 9.17) is 21.7 Å². The van der Waals surface area contributed by atoms with Crippen LogP contribution in [-0.2, 0) is 28.8 Å². The summed E-state index contributed by atoms with van der Waals surface area (Å²) in [6.45, 7) is 4.69. The van der Waals surface area contributed by atoms with Crippen LogP contribution in [0.15, 0.2) is 0 Å². The molecule has 0 spiro atoms. The number of hydrogen-bond donors (Lipinski definition) is 7. The van der Waals surface area contributed by atoms with Crippen molar-refractivity contribution >= 4 is 35.6 Å². The summed E-state index contributed by atoms with van der Waals surface area (Å²) in [5.41, 5.74) is 10.4. The average Bonchev–Trinajstić information content (AvgIpc) is 2.63. The lowest BCUT2D eigenvalue weighted by Gasteiger charge is -2.26. The van der Waals surface area contributed by atoms with Gasteiger partial charge in [0.2, 0.25) is 23.6 Å². The predicted molar refractivity (Wildman–Crippen MR) is 103 cm³/mol. The van der Waals surface area contributed by atoms with Crippen LogP contribution in [0.2, 0.25) is 0 Å². The van der Waals surface area contributed by atoms with E-state index in [0.29, 0.717) is 6.42 Å². The van der Waals surface area contributed by atoms with E-state index >= 15 is 0 Å². The van der Waals surface area contributed by atoms with Gasteiger partial charge in [-0.15, -0.1) is 0 Å². The Morgan fingerprint density at radius 1 is 0.867 bits per heavy atom. The highest BCUT2D eigenvalue weighted by atomic mass is 16.4. The largest absolute Gasteiger partial charge is 0.481 e. The van der Waals surface area contributed by atoms with Gasteiger partial charge in [-0.05, 0) is 12.8 Å². The van der Waals surface area contributed by atoms with Crippen LogP contribution in [0.4, 0.5) is 0 Å². The Morgan fingerprint density at radius 3 is 1.87 bits per heavy atom. The molecule has 0 aromatic rings. The number of aliphatic carboxylic acids is 2. The van der Waals surface area contributed by atoms with Gasteiger partial charge in [-0.25, -0.2) is 4.79 Å². The number of rotatable bonds is 13. The first-order valence-electron chi connectivity index (χ1n) is 9.19. The molecule has 170 valence electrons. The van der Waals surface area contributed by atoms with Crippen molar-refractivity contribution < 1.29 is 39.0 Å². The molecule has 0 heterocycles.